The Morgan fingerprint density at radius 2 is 2.08 bits per heavy atom. The molecule has 2 rings (SSSR count). The van der Waals surface area contributed by atoms with Crippen molar-refractivity contribution in [1.82, 2.24) is 5.32 Å². The smallest absolute Gasteiger partial charge is 0.326 e. The minimum Gasteiger partial charge on any atom is -0.480 e. The molecule has 1 aromatic carbocycles. The molecule has 24 heavy (non-hydrogen) atoms. The highest BCUT2D eigenvalue weighted by atomic mass is 16.5. The summed E-state index contributed by atoms with van der Waals surface area (Å²) in [5.74, 6) is -1.06. The summed E-state index contributed by atoms with van der Waals surface area (Å²) >= 11 is 0. The van der Waals surface area contributed by atoms with Crippen LogP contribution in [0.15, 0.2) is 24.3 Å². The molecule has 0 saturated carbocycles. The van der Waals surface area contributed by atoms with Crippen molar-refractivity contribution in [3.8, 4) is 5.75 Å². The number of aliphatic carboxylic acids is 1. The average Bonchev–Trinajstić information content (AvgIpc) is 2.54. The van der Waals surface area contributed by atoms with Gasteiger partial charge in [-0.1, -0.05) is 25.5 Å². The SMILES string of the molecule is CCCC(NC(=O)CCN1C(=O)C(C)Oc2ccccc21)C(=O)O. The molecule has 0 aromatic heterocycles. The topological polar surface area (TPSA) is 95.9 Å². The van der Waals surface area contributed by atoms with Crippen molar-refractivity contribution in [1.29, 1.82) is 0 Å². The molecule has 1 heterocycles. The molecule has 7 heteroatoms. The van der Waals surface area contributed by atoms with Crippen LogP contribution in [0.2, 0.25) is 0 Å². The summed E-state index contributed by atoms with van der Waals surface area (Å²) in [7, 11) is 0. The standard InChI is InChI=1S/C17H22N2O5/c1-3-6-12(17(22)23)18-15(20)9-10-19-13-7-4-5-8-14(13)24-11(2)16(19)21/h4-5,7-8,11-12H,3,6,9-10H2,1-2H3,(H,18,20)(H,22,23). The number of amides is 2. The Kier molecular flexibility index (Phi) is 5.78. The van der Waals surface area contributed by atoms with Crippen molar-refractivity contribution in [2.75, 3.05) is 11.4 Å². The fourth-order valence-corrected chi connectivity index (χ4v) is 2.62. The number of anilines is 1. The second kappa shape index (κ2) is 7.81. The summed E-state index contributed by atoms with van der Waals surface area (Å²) < 4.78 is 5.54. The Bertz CT molecular complexity index is 631. The molecule has 0 spiro atoms. The Morgan fingerprint density at radius 1 is 1.38 bits per heavy atom. The van der Waals surface area contributed by atoms with Gasteiger partial charge < -0.3 is 20.1 Å². The predicted molar refractivity (Wildman–Crippen MR) is 88.0 cm³/mol. The van der Waals surface area contributed by atoms with E-state index in [1.54, 1.807) is 25.1 Å². The van der Waals surface area contributed by atoms with Crippen LogP contribution in [0, 0.1) is 0 Å². The molecule has 0 fully saturated rings. The van der Waals surface area contributed by atoms with Gasteiger partial charge in [0.25, 0.3) is 5.91 Å². The molecular weight excluding hydrogens is 312 g/mol. The van der Waals surface area contributed by atoms with E-state index < -0.39 is 18.1 Å². The molecule has 0 aliphatic carbocycles. The molecule has 2 atom stereocenters. The lowest BCUT2D eigenvalue weighted by Gasteiger charge is -2.32. The molecule has 0 bridgehead atoms. The zero-order chi connectivity index (χ0) is 17.7. The number of fused-ring (bicyclic) bond motifs is 1. The van der Waals surface area contributed by atoms with Gasteiger partial charge in [0, 0.05) is 13.0 Å². The molecule has 0 saturated heterocycles. The van der Waals surface area contributed by atoms with Crippen LogP contribution >= 0.6 is 0 Å². The minimum atomic E-state index is -1.05. The first-order chi connectivity index (χ1) is 11.4. The number of carbonyl (C=O) groups excluding carboxylic acids is 2. The van der Waals surface area contributed by atoms with E-state index in [9.17, 15) is 14.4 Å². The van der Waals surface area contributed by atoms with Gasteiger partial charge >= 0.3 is 5.97 Å². The second-order valence-electron chi connectivity index (χ2n) is 5.71. The van der Waals surface area contributed by atoms with Crippen LogP contribution in [-0.4, -0.2) is 41.6 Å². The quantitative estimate of drug-likeness (QED) is 0.789. The zero-order valence-corrected chi connectivity index (χ0v) is 13.8. The number of hydrogen-bond acceptors (Lipinski definition) is 4. The van der Waals surface area contributed by atoms with Crippen LogP contribution in [0.3, 0.4) is 0 Å². The lowest BCUT2D eigenvalue weighted by molar-refractivity contribution is -0.142. The van der Waals surface area contributed by atoms with Gasteiger partial charge in [-0.05, 0) is 25.5 Å². The van der Waals surface area contributed by atoms with Crippen molar-refractivity contribution in [3.05, 3.63) is 24.3 Å². The molecule has 1 aliphatic rings. The van der Waals surface area contributed by atoms with Gasteiger partial charge in [0.2, 0.25) is 5.91 Å². The van der Waals surface area contributed by atoms with E-state index in [2.05, 4.69) is 5.32 Å². The van der Waals surface area contributed by atoms with Gasteiger partial charge in [-0.3, -0.25) is 9.59 Å². The maximum atomic E-state index is 12.3. The van der Waals surface area contributed by atoms with Crippen molar-refractivity contribution >= 4 is 23.5 Å². The highest BCUT2D eigenvalue weighted by Crippen LogP contribution is 2.33. The van der Waals surface area contributed by atoms with Crippen LogP contribution in [0.4, 0.5) is 5.69 Å². The van der Waals surface area contributed by atoms with E-state index in [0.29, 0.717) is 24.3 Å². The fourth-order valence-electron chi connectivity index (χ4n) is 2.62. The maximum Gasteiger partial charge on any atom is 0.326 e. The van der Waals surface area contributed by atoms with E-state index >= 15 is 0 Å². The molecular formula is C17H22N2O5. The number of rotatable bonds is 7. The monoisotopic (exact) mass is 334 g/mol. The summed E-state index contributed by atoms with van der Waals surface area (Å²) in [6.07, 6.45) is 0.441. The van der Waals surface area contributed by atoms with Gasteiger partial charge in [-0.2, -0.15) is 0 Å². The molecule has 130 valence electrons. The number of carbonyl (C=O) groups is 3. The van der Waals surface area contributed by atoms with E-state index in [0.717, 1.165) is 0 Å². The first-order valence-corrected chi connectivity index (χ1v) is 8.03. The summed E-state index contributed by atoms with van der Waals surface area (Å²) in [5, 5.41) is 11.6. The molecule has 1 aliphatic heterocycles. The first kappa shape index (κ1) is 17.8. The third-order valence-corrected chi connectivity index (χ3v) is 3.85. The number of carboxylic acids is 1. The normalized spacial score (nSPS) is 17.7. The number of para-hydroxylation sites is 2. The highest BCUT2D eigenvalue weighted by Gasteiger charge is 2.31. The number of nitrogens with zero attached hydrogens (tertiary/aromatic N) is 1. The predicted octanol–water partition coefficient (Wildman–Crippen LogP) is 1.56. The average molecular weight is 334 g/mol. The van der Waals surface area contributed by atoms with E-state index in [4.69, 9.17) is 9.84 Å². The second-order valence-corrected chi connectivity index (χ2v) is 5.71. The van der Waals surface area contributed by atoms with E-state index in [1.807, 2.05) is 13.0 Å². The van der Waals surface area contributed by atoms with Crippen LogP contribution in [0.1, 0.15) is 33.1 Å². The molecule has 1 aromatic rings. The molecule has 2 amide bonds. The van der Waals surface area contributed by atoms with Crippen molar-refractivity contribution in [2.24, 2.45) is 0 Å². The highest BCUT2D eigenvalue weighted by molar-refractivity contribution is 6.00. The van der Waals surface area contributed by atoms with E-state index in [-0.39, 0.29) is 24.8 Å². The molecule has 2 N–H and O–H groups in total. The largest absolute Gasteiger partial charge is 0.480 e. The van der Waals surface area contributed by atoms with Gasteiger partial charge in [0.1, 0.15) is 11.8 Å². The molecule has 2 unspecified atom stereocenters. The summed E-state index contributed by atoms with van der Waals surface area (Å²) in [6.45, 7) is 3.69. The number of ether oxygens (including phenoxy) is 1. The number of carboxylic acid groups (broad SMARTS) is 1. The van der Waals surface area contributed by atoms with Crippen LogP contribution in [-0.2, 0) is 14.4 Å². The number of hydrogen-bond donors (Lipinski definition) is 2. The van der Waals surface area contributed by atoms with Crippen molar-refractivity contribution in [3.63, 3.8) is 0 Å². The summed E-state index contributed by atoms with van der Waals surface area (Å²) in [4.78, 5) is 36.9. The first-order valence-electron chi connectivity index (χ1n) is 8.03. The Balaban J connectivity index is 2.01. The zero-order valence-electron chi connectivity index (χ0n) is 13.8. The van der Waals surface area contributed by atoms with Crippen molar-refractivity contribution < 1.29 is 24.2 Å². The Hall–Kier alpha value is -2.57. The minimum absolute atomic E-state index is 0.0281. The van der Waals surface area contributed by atoms with E-state index in [1.165, 1.54) is 4.90 Å². The van der Waals surface area contributed by atoms with Gasteiger partial charge in [-0.25, -0.2) is 4.79 Å². The number of nitrogens with one attached hydrogen (secondary N) is 1. The fraction of sp³-hybridized carbons (Fsp3) is 0.471. The Morgan fingerprint density at radius 3 is 2.75 bits per heavy atom. The van der Waals surface area contributed by atoms with Crippen LogP contribution in [0.25, 0.3) is 0 Å². The summed E-state index contributed by atoms with van der Waals surface area (Å²) in [6, 6.07) is 6.24. The third kappa shape index (κ3) is 4.04. The lowest BCUT2D eigenvalue weighted by atomic mass is 10.1. The van der Waals surface area contributed by atoms with Crippen molar-refractivity contribution in [2.45, 2.75) is 45.3 Å². The molecule has 7 nitrogen and oxygen atoms in total. The molecule has 0 radical (unpaired) electrons. The van der Waals surface area contributed by atoms with Gasteiger partial charge in [-0.15, -0.1) is 0 Å². The number of benzene rings is 1. The Labute approximate surface area is 140 Å². The van der Waals surface area contributed by atoms with Gasteiger partial charge in [0.15, 0.2) is 6.10 Å². The lowest BCUT2D eigenvalue weighted by Crippen LogP contribution is -2.47. The van der Waals surface area contributed by atoms with Crippen LogP contribution < -0.4 is 15.0 Å². The maximum absolute atomic E-state index is 12.3. The van der Waals surface area contributed by atoms with Gasteiger partial charge in [0.05, 0.1) is 5.69 Å². The van der Waals surface area contributed by atoms with Crippen LogP contribution in [0.5, 0.6) is 5.75 Å². The summed E-state index contributed by atoms with van der Waals surface area (Å²) in [5.41, 5.74) is 0.622. The third-order valence-electron chi connectivity index (χ3n) is 3.85.